The van der Waals surface area contributed by atoms with Crippen LogP contribution in [0.15, 0.2) is 24.3 Å². The number of hydrogen-bond donors (Lipinski definition) is 0. The molecule has 0 atom stereocenters. The molecule has 0 aromatic heterocycles. The molecule has 1 aliphatic rings. The van der Waals surface area contributed by atoms with Gasteiger partial charge in [0, 0.05) is 18.1 Å². The summed E-state index contributed by atoms with van der Waals surface area (Å²) in [5.74, 6) is 0.0492. The van der Waals surface area contributed by atoms with Gasteiger partial charge in [-0.2, -0.15) is 4.31 Å². The van der Waals surface area contributed by atoms with Crippen molar-refractivity contribution in [3.05, 3.63) is 34.9 Å². The van der Waals surface area contributed by atoms with Crippen LogP contribution in [0.4, 0.5) is 0 Å². The number of sulfonamides is 1. The molecule has 0 spiro atoms. The number of benzene rings is 1. The third-order valence-electron chi connectivity index (χ3n) is 2.61. The topological polar surface area (TPSA) is 46.6 Å². The van der Waals surface area contributed by atoms with Crippen LogP contribution in [0.3, 0.4) is 0 Å². The van der Waals surface area contributed by atoms with Gasteiger partial charge in [0.15, 0.2) is 0 Å². The standard InChI is InChI=1S/C11H14ClNO3S/c12-11-3-1-2-10(8-11)9-13-4-5-16-6-7-17(13,14)15/h1-3,8H,4-7,9H2. The Labute approximate surface area is 106 Å². The molecule has 1 heterocycles. The van der Waals surface area contributed by atoms with Crippen molar-refractivity contribution in [2.24, 2.45) is 0 Å². The van der Waals surface area contributed by atoms with E-state index in [0.717, 1.165) is 5.56 Å². The van der Waals surface area contributed by atoms with E-state index < -0.39 is 10.0 Å². The van der Waals surface area contributed by atoms with Crippen LogP contribution in [0.25, 0.3) is 0 Å². The lowest BCUT2D eigenvalue weighted by Crippen LogP contribution is -2.33. The van der Waals surface area contributed by atoms with E-state index in [-0.39, 0.29) is 12.4 Å². The fourth-order valence-electron chi connectivity index (χ4n) is 1.72. The maximum atomic E-state index is 11.9. The summed E-state index contributed by atoms with van der Waals surface area (Å²) in [7, 11) is -3.21. The Balaban J connectivity index is 2.16. The lowest BCUT2D eigenvalue weighted by molar-refractivity contribution is 0.146. The molecule has 0 unspecified atom stereocenters. The highest BCUT2D eigenvalue weighted by atomic mass is 35.5. The van der Waals surface area contributed by atoms with Gasteiger partial charge in [0.25, 0.3) is 0 Å². The molecule has 1 fully saturated rings. The first kappa shape index (κ1) is 12.8. The van der Waals surface area contributed by atoms with Crippen molar-refractivity contribution in [3.8, 4) is 0 Å². The van der Waals surface area contributed by atoms with Gasteiger partial charge in [-0.1, -0.05) is 23.7 Å². The molecule has 94 valence electrons. The van der Waals surface area contributed by atoms with Crippen LogP contribution < -0.4 is 0 Å². The normalized spacial score (nSPS) is 21.0. The molecule has 1 saturated heterocycles. The van der Waals surface area contributed by atoms with E-state index >= 15 is 0 Å². The zero-order chi connectivity index (χ0) is 12.3. The Morgan fingerprint density at radius 1 is 1.35 bits per heavy atom. The molecule has 1 aromatic rings. The lowest BCUT2D eigenvalue weighted by Gasteiger charge is -2.18. The van der Waals surface area contributed by atoms with Gasteiger partial charge < -0.3 is 4.74 Å². The van der Waals surface area contributed by atoms with Crippen LogP contribution in [0, 0.1) is 0 Å². The molecule has 17 heavy (non-hydrogen) atoms. The highest BCUT2D eigenvalue weighted by Gasteiger charge is 2.24. The fourth-order valence-corrected chi connectivity index (χ4v) is 3.22. The second-order valence-corrected chi connectivity index (χ2v) is 6.42. The molecule has 0 amide bonds. The lowest BCUT2D eigenvalue weighted by atomic mass is 10.2. The Morgan fingerprint density at radius 2 is 2.18 bits per heavy atom. The van der Waals surface area contributed by atoms with Crippen molar-refractivity contribution in [1.82, 2.24) is 4.31 Å². The smallest absolute Gasteiger partial charge is 0.216 e. The maximum Gasteiger partial charge on any atom is 0.216 e. The number of hydrogen-bond acceptors (Lipinski definition) is 3. The van der Waals surface area contributed by atoms with E-state index in [2.05, 4.69) is 0 Å². The molecular formula is C11H14ClNO3S. The van der Waals surface area contributed by atoms with Gasteiger partial charge in [0.2, 0.25) is 10.0 Å². The molecule has 0 saturated carbocycles. The summed E-state index contributed by atoms with van der Waals surface area (Å²) in [6, 6.07) is 7.24. The highest BCUT2D eigenvalue weighted by Crippen LogP contribution is 2.15. The minimum absolute atomic E-state index is 0.0492. The first-order chi connectivity index (χ1) is 8.08. The van der Waals surface area contributed by atoms with Gasteiger partial charge in [0.05, 0.1) is 19.0 Å². The molecular weight excluding hydrogens is 262 g/mol. The first-order valence-electron chi connectivity index (χ1n) is 5.38. The second-order valence-electron chi connectivity index (χ2n) is 3.89. The monoisotopic (exact) mass is 275 g/mol. The van der Waals surface area contributed by atoms with Crippen molar-refractivity contribution in [2.75, 3.05) is 25.5 Å². The van der Waals surface area contributed by atoms with Crippen LogP contribution in [0.2, 0.25) is 5.02 Å². The Kier molecular flexibility index (Phi) is 4.04. The van der Waals surface area contributed by atoms with Crippen LogP contribution in [-0.2, 0) is 21.3 Å². The van der Waals surface area contributed by atoms with Gasteiger partial charge in [-0.25, -0.2) is 8.42 Å². The first-order valence-corrected chi connectivity index (χ1v) is 7.37. The summed E-state index contributed by atoms with van der Waals surface area (Å²) < 4.78 is 30.4. The number of ether oxygens (including phenoxy) is 1. The maximum absolute atomic E-state index is 11.9. The molecule has 0 bridgehead atoms. The summed E-state index contributed by atoms with van der Waals surface area (Å²) in [6.07, 6.45) is 0. The Hall–Kier alpha value is -0.620. The molecule has 0 radical (unpaired) electrons. The molecule has 1 aromatic carbocycles. The molecule has 0 aliphatic carbocycles. The average molecular weight is 276 g/mol. The minimum Gasteiger partial charge on any atom is -0.379 e. The van der Waals surface area contributed by atoms with Crippen molar-refractivity contribution >= 4 is 21.6 Å². The summed E-state index contributed by atoms with van der Waals surface area (Å²) in [6.45, 7) is 1.47. The fraction of sp³-hybridized carbons (Fsp3) is 0.455. The van der Waals surface area contributed by atoms with E-state index in [4.69, 9.17) is 16.3 Å². The quantitative estimate of drug-likeness (QED) is 0.822. The van der Waals surface area contributed by atoms with E-state index in [1.54, 1.807) is 12.1 Å². The van der Waals surface area contributed by atoms with Gasteiger partial charge in [-0.15, -0.1) is 0 Å². The van der Waals surface area contributed by atoms with Crippen LogP contribution in [0.5, 0.6) is 0 Å². The van der Waals surface area contributed by atoms with Gasteiger partial charge in [-0.05, 0) is 17.7 Å². The van der Waals surface area contributed by atoms with Crippen LogP contribution >= 0.6 is 11.6 Å². The second kappa shape index (κ2) is 5.35. The van der Waals surface area contributed by atoms with Crippen molar-refractivity contribution in [3.63, 3.8) is 0 Å². The summed E-state index contributed by atoms with van der Waals surface area (Å²) >= 11 is 5.87. The van der Waals surface area contributed by atoms with Crippen molar-refractivity contribution in [2.45, 2.75) is 6.54 Å². The summed E-state index contributed by atoms with van der Waals surface area (Å²) in [4.78, 5) is 0. The zero-order valence-electron chi connectivity index (χ0n) is 9.30. The van der Waals surface area contributed by atoms with Gasteiger partial charge in [-0.3, -0.25) is 0 Å². The van der Waals surface area contributed by atoms with E-state index in [9.17, 15) is 8.42 Å². The third-order valence-corrected chi connectivity index (χ3v) is 4.63. The highest BCUT2D eigenvalue weighted by molar-refractivity contribution is 7.89. The predicted octanol–water partition coefficient (Wildman–Crippen LogP) is 1.50. The van der Waals surface area contributed by atoms with Crippen molar-refractivity contribution in [1.29, 1.82) is 0 Å². The predicted molar refractivity (Wildman–Crippen MR) is 66.5 cm³/mol. The largest absolute Gasteiger partial charge is 0.379 e. The van der Waals surface area contributed by atoms with E-state index in [0.29, 0.717) is 24.7 Å². The summed E-state index contributed by atoms with van der Waals surface area (Å²) in [5, 5.41) is 0.617. The Morgan fingerprint density at radius 3 is 2.94 bits per heavy atom. The zero-order valence-corrected chi connectivity index (χ0v) is 10.9. The summed E-state index contributed by atoms with van der Waals surface area (Å²) in [5.41, 5.74) is 0.892. The van der Waals surface area contributed by atoms with Gasteiger partial charge >= 0.3 is 0 Å². The van der Waals surface area contributed by atoms with Crippen LogP contribution in [0.1, 0.15) is 5.56 Å². The van der Waals surface area contributed by atoms with Crippen LogP contribution in [-0.4, -0.2) is 38.2 Å². The minimum atomic E-state index is -3.21. The molecule has 0 N–H and O–H groups in total. The Bertz CT molecular complexity index is 489. The van der Waals surface area contributed by atoms with Gasteiger partial charge in [0.1, 0.15) is 0 Å². The van der Waals surface area contributed by atoms with E-state index in [1.165, 1.54) is 4.31 Å². The molecule has 2 rings (SSSR count). The number of rotatable bonds is 2. The average Bonchev–Trinajstić information content (AvgIpc) is 2.41. The SMILES string of the molecule is O=S1(=O)CCOCCN1Cc1cccc(Cl)c1. The molecule has 1 aliphatic heterocycles. The molecule has 6 heteroatoms. The van der Waals surface area contributed by atoms with Crippen molar-refractivity contribution < 1.29 is 13.2 Å². The number of halogens is 1. The van der Waals surface area contributed by atoms with E-state index in [1.807, 2.05) is 12.1 Å². The molecule has 4 nitrogen and oxygen atoms in total. The number of nitrogens with zero attached hydrogens (tertiary/aromatic N) is 1. The third kappa shape index (κ3) is 3.42.